The number of para-hydroxylation sites is 1. The van der Waals surface area contributed by atoms with Gasteiger partial charge >= 0.3 is 0 Å². The van der Waals surface area contributed by atoms with Gasteiger partial charge in [0.25, 0.3) is 5.91 Å². The van der Waals surface area contributed by atoms with Gasteiger partial charge in [0, 0.05) is 25.1 Å². The summed E-state index contributed by atoms with van der Waals surface area (Å²) in [5, 5.41) is 13.7. The molecule has 0 saturated carbocycles. The molecule has 0 unspecified atom stereocenters. The number of nitrogens with zero attached hydrogens (tertiary/aromatic N) is 2. The summed E-state index contributed by atoms with van der Waals surface area (Å²) in [5.41, 5.74) is 1.24. The molecule has 1 aliphatic heterocycles. The van der Waals surface area contributed by atoms with Crippen LogP contribution in [0.25, 0.3) is 0 Å². The summed E-state index contributed by atoms with van der Waals surface area (Å²) in [6.45, 7) is 5.17. The van der Waals surface area contributed by atoms with Crippen LogP contribution >= 0.6 is 0 Å². The van der Waals surface area contributed by atoms with Gasteiger partial charge in [-0.2, -0.15) is 0 Å². The predicted molar refractivity (Wildman–Crippen MR) is 72.1 cm³/mol. The van der Waals surface area contributed by atoms with Crippen molar-refractivity contribution in [1.29, 1.82) is 0 Å². The minimum Gasteiger partial charge on any atom is -0.507 e. The zero-order chi connectivity index (χ0) is 13.8. The molecule has 1 heterocycles. The maximum absolute atomic E-state index is 12.1. The van der Waals surface area contributed by atoms with Crippen molar-refractivity contribution in [3.63, 3.8) is 0 Å². The highest BCUT2D eigenvalue weighted by molar-refractivity contribution is 6.05. The van der Waals surface area contributed by atoms with Crippen LogP contribution in [-0.2, 0) is 9.63 Å². The summed E-state index contributed by atoms with van der Waals surface area (Å²) in [6.07, 6.45) is -0.179. The van der Waals surface area contributed by atoms with E-state index in [1.807, 2.05) is 19.9 Å². The highest BCUT2D eigenvalue weighted by Crippen LogP contribution is 2.24. The van der Waals surface area contributed by atoms with Crippen LogP contribution in [0.15, 0.2) is 29.4 Å². The second-order valence-electron chi connectivity index (χ2n) is 4.36. The summed E-state index contributed by atoms with van der Waals surface area (Å²) in [5.74, 6) is 0.0972. The zero-order valence-corrected chi connectivity index (χ0v) is 11.2. The minimum absolute atomic E-state index is 0.0563. The van der Waals surface area contributed by atoms with Gasteiger partial charge in [-0.15, -0.1) is 0 Å². The van der Waals surface area contributed by atoms with Crippen LogP contribution in [0, 0.1) is 0 Å². The first-order valence-corrected chi connectivity index (χ1v) is 6.47. The quantitative estimate of drug-likeness (QED) is 0.899. The fourth-order valence-electron chi connectivity index (χ4n) is 2.13. The van der Waals surface area contributed by atoms with E-state index >= 15 is 0 Å². The van der Waals surface area contributed by atoms with Gasteiger partial charge < -0.3 is 14.8 Å². The van der Waals surface area contributed by atoms with Crippen molar-refractivity contribution in [2.24, 2.45) is 5.16 Å². The Balaban J connectivity index is 2.08. The topological polar surface area (TPSA) is 62.1 Å². The number of carbonyl (C=O) groups is 1. The molecule has 0 aromatic heterocycles. The molecule has 1 atom stereocenters. The third-order valence-corrected chi connectivity index (χ3v) is 3.23. The van der Waals surface area contributed by atoms with Crippen molar-refractivity contribution in [2.45, 2.75) is 26.4 Å². The Bertz CT molecular complexity index is 495. The van der Waals surface area contributed by atoms with E-state index in [1.54, 1.807) is 23.1 Å². The Labute approximate surface area is 112 Å². The monoisotopic (exact) mass is 262 g/mol. The molecule has 1 amide bonds. The molecule has 0 spiro atoms. The molecule has 1 N–H and O–H groups in total. The first kappa shape index (κ1) is 13.4. The molecule has 1 aromatic carbocycles. The molecule has 0 aliphatic carbocycles. The van der Waals surface area contributed by atoms with Crippen LogP contribution in [0.5, 0.6) is 5.75 Å². The van der Waals surface area contributed by atoms with Crippen LogP contribution in [0.3, 0.4) is 0 Å². The van der Waals surface area contributed by atoms with Gasteiger partial charge in [-0.25, -0.2) is 0 Å². The van der Waals surface area contributed by atoms with Gasteiger partial charge in [-0.3, -0.25) is 4.79 Å². The molecule has 0 fully saturated rings. The highest BCUT2D eigenvalue weighted by atomic mass is 16.6. The van der Waals surface area contributed by atoms with E-state index in [0.29, 0.717) is 30.8 Å². The summed E-state index contributed by atoms with van der Waals surface area (Å²) in [7, 11) is 0. The number of oxime groups is 1. The molecule has 2 rings (SSSR count). The number of benzene rings is 1. The van der Waals surface area contributed by atoms with E-state index in [4.69, 9.17) is 4.84 Å². The van der Waals surface area contributed by atoms with Crippen molar-refractivity contribution in [3.8, 4) is 5.75 Å². The number of hydrogen-bond donors (Lipinski definition) is 1. The summed E-state index contributed by atoms with van der Waals surface area (Å²) < 4.78 is 0. The lowest BCUT2D eigenvalue weighted by Crippen LogP contribution is -2.39. The van der Waals surface area contributed by atoms with Gasteiger partial charge in [-0.1, -0.05) is 17.3 Å². The second kappa shape index (κ2) is 5.73. The average Bonchev–Trinajstić information content (AvgIpc) is 2.90. The molecule has 5 heteroatoms. The van der Waals surface area contributed by atoms with E-state index in [9.17, 15) is 9.90 Å². The van der Waals surface area contributed by atoms with Crippen LogP contribution in [0.2, 0.25) is 0 Å². The van der Waals surface area contributed by atoms with E-state index < -0.39 is 6.10 Å². The number of rotatable bonds is 4. The third kappa shape index (κ3) is 2.70. The average molecular weight is 262 g/mol. The first-order chi connectivity index (χ1) is 9.17. The number of phenols is 1. The third-order valence-electron chi connectivity index (χ3n) is 3.23. The zero-order valence-electron chi connectivity index (χ0n) is 11.2. The van der Waals surface area contributed by atoms with Gasteiger partial charge in [0.05, 0.1) is 5.71 Å². The maximum Gasteiger partial charge on any atom is 0.266 e. The van der Waals surface area contributed by atoms with Gasteiger partial charge in [-0.05, 0) is 26.0 Å². The number of aromatic hydroxyl groups is 1. The number of carbonyl (C=O) groups excluding carboxylic acids is 1. The van der Waals surface area contributed by atoms with Crippen LogP contribution in [0.1, 0.15) is 25.8 Å². The smallest absolute Gasteiger partial charge is 0.266 e. The Morgan fingerprint density at radius 3 is 2.74 bits per heavy atom. The normalized spacial score (nSPS) is 17.8. The SMILES string of the molecule is CCN(CC)C(=O)[C@H]1CC(c2ccccc2O)=NO1. The van der Waals surface area contributed by atoms with Crippen LogP contribution in [-0.4, -0.2) is 40.8 Å². The number of hydrogen-bond acceptors (Lipinski definition) is 4. The summed E-state index contributed by atoms with van der Waals surface area (Å²) in [4.78, 5) is 19.1. The Hall–Kier alpha value is -2.04. The van der Waals surface area contributed by atoms with Crippen molar-refractivity contribution in [2.75, 3.05) is 13.1 Å². The molecule has 5 nitrogen and oxygen atoms in total. The summed E-state index contributed by atoms with van der Waals surface area (Å²) >= 11 is 0. The van der Waals surface area contributed by atoms with E-state index in [0.717, 1.165) is 0 Å². The molecule has 0 bridgehead atoms. The first-order valence-electron chi connectivity index (χ1n) is 6.47. The molecular formula is C14H18N2O3. The van der Waals surface area contributed by atoms with Crippen molar-refractivity contribution in [3.05, 3.63) is 29.8 Å². The molecule has 0 saturated heterocycles. The van der Waals surface area contributed by atoms with Gasteiger partial charge in [0.2, 0.25) is 6.10 Å². The number of phenolic OH excluding ortho intramolecular Hbond substituents is 1. The van der Waals surface area contributed by atoms with Crippen molar-refractivity contribution in [1.82, 2.24) is 4.90 Å². The Kier molecular flexibility index (Phi) is 4.04. The maximum atomic E-state index is 12.1. The lowest BCUT2D eigenvalue weighted by molar-refractivity contribution is -0.141. The number of likely N-dealkylation sites (N-methyl/N-ethyl adjacent to an activating group) is 1. The van der Waals surface area contributed by atoms with Crippen molar-refractivity contribution < 1.29 is 14.7 Å². The van der Waals surface area contributed by atoms with Crippen LogP contribution in [0.4, 0.5) is 0 Å². The molecule has 1 aromatic rings. The largest absolute Gasteiger partial charge is 0.507 e. The number of amides is 1. The molecule has 1 aliphatic rings. The van der Waals surface area contributed by atoms with Gasteiger partial charge in [0.1, 0.15) is 5.75 Å². The molecule has 102 valence electrons. The van der Waals surface area contributed by atoms with E-state index in [2.05, 4.69) is 5.16 Å². The molecule has 19 heavy (non-hydrogen) atoms. The van der Waals surface area contributed by atoms with Crippen molar-refractivity contribution >= 4 is 11.6 Å². The summed E-state index contributed by atoms with van der Waals surface area (Å²) in [6, 6.07) is 6.92. The minimum atomic E-state index is -0.575. The molecule has 0 radical (unpaired) electrons. The molecular weight excluding hydrogens is 244 g/mol. The predicted octanol–water partition coefficient (Wildman–Crippen LogP) is 1.75. The Morgan fingerprint density at radius 1 is 1.42 bits per heavy atom. The van der Waals surface area contributed by atoms with Crippen LogP contribution < -0.4 is 0 Å². The fourth-order valence-corrected chi connectivity index (χ4v) is 2.13. The lowest BCUT2D eigenvalue weighted by Gasteiger charge is -2.20. The Morgan fingerprint density at radius 2 is 2.11 bits per heavy atom. The highest BCUT2D eigenvalue weighted by Gasteiger charge is 2.32. The fraction of sp³-hybridized carbons (Fsp3) is 0.429. The van der Waals surface area contributed by atoms with E-state index in [1.165, 1.54) is 0 Å². The lowest BCUT2D eigenvalue weighted by atomic mass is 10.0. The van der Waals surface area contributed by atoms with Gasteiger partial charge in [0.15, 0.2) is 0 Å². The van der Waals surface area contributed by atoms with E-state index in [-0.39, 0.29) is 11.7 Å². The standard InChI is InChI=1S/C14H18N2O3/c1-3-16(4-2)14(18)13-9-11(15-19-13)10-7-5-6-8-12(10)17/h5-8,13,17H,3-4,9H2,1-2H3/t13-/m1/s1. The second-order valence-corrected chi connectivity index (χ2v) is 4.36.